The summed E-state index contributed by atoms with van der Waals surface area (Å²) < 4.78 is 0. The van der Waals surface area contributed by atoms with Gasteiger partial charge in [-0.05, 0) is 68.5 Å². The summed E-state index contributed by atoms with van der Waals surface area (Å²) in [6, 6.07) is 27.1. The van der Waals surface area contributed by atoms with Crippen LogP contribution in [0.1, 0.15) is 70.9 Å². The van der Waals surface area contributed by atoms with Crippen molar-refractivity contribution in [3.05, 3.63) is 83.9 Å². The molecule has 0 nitrogen and oxygen atoms in total. The molecule has 0 heterocycles. The number of fused-ring (bicyclic) bond motifs is 2. The third kappa shape index (κ3) is 3.69. The van der Waals surface area contributed by atoms with Crippen LogP contribution in [0.4, 0.5) is 0 Å². The summed E-state index contributed by atoms with van der Waals surface area (Å²) in [6.07, 6.45) is 2.34. The van der Waals surface area contributed by atoms with Gasteiger partial charge in [0.15, 0.2) is 0 Å². The van der Waals surface area contributed by atoms with E-state index in [0.29, 0.717) is 11.8 Å². The molecule has 4 aromatic rings. The van der Waals surface area contributed by atoms with E-state index in [4.69, 9.17) is 0 Å². The first-order chi connectivity index (χ1) is 13.7. The maximum absolute atomic E-state index is 2.39. The molecule has 0 aliphatic rings. The van der Waals surface area contributed by atoms with Gasteiger partial charge >= 0.3 is 0 Å². The standard InChI is InChI=1S/C28H30.CH4/c1-5-20(6-2)26-18-16-22-12-8-10-14-25(22)28(26)27-23(19(3)4)17-15-21-11-7-9-13-24(21)27;/h7-20H,5-6H2,1-4H3;1H4. The molecule has 0 radical (unpaired) electrons. The Kier molecular flexibility index (Phi) is 6.42. The van der Waals surface area contributed by atoms with Crippen LogP contribution in [-0.2, 0) is 0 Å². The largest absolute Gasteiger partial charge is 0.0776 e. The minimum absolute atomic E-state index is 0. The van der Waals surface area contributed by atoms with E-state index < -0.39 is 0 Å². The fourth-order valence-electron chi connectivity index (χ4n) is 4.68. The second-order valence-corrected chi connectivity index (χ2v) is 8.17. The lowest BCUT2D eigenvalue weighted by molar-refractivity contribution is 0.644. The molecular formula is C29H34. The van der Waals surface area contributed by atoms with Gasteiger partial charge in [-0.15, -0.1) is 0 Å². The van der Waals surface area contributed by atoms with Gasteiger partial charge in [0, 0.05) is 0 Å². The molecule has 0 saturated carbocycles. The van der Waals surface area contributed by atoms with Gasteiger partial charge in [0.2, 0.25) is 0 Å². The summed E-state index contributed by atoms with van der Waals surface area (Å²) in [7, 11) is 0. The average molecular weight is 383 g/mol. The Balaban J connectivity index is 0.00000240. The number of rotatable bonds is 5. The second-order valence-electron chi connectivity index (χ2n) is 8.17. The van der Waals surface area contributed by atoms with Gasteiger partial charge < -0.3 is 0 Å². The molecular weight excluding hydrogens is 348 g/mol. The van der Waals surface area contributed by atoms with Crippen molar-refractivity contribution in [2.45, 2.75) is 59.8 Å². The number of benzene rings is 4. The second kappa shape index (κ2) is 8.82. The van der Waals surface area contributed by atoms with E-state index in [1.807, 2.05) is 0 Å². The predicted molar refractivity (Wildman–Crippen MR) is 131 cm³/mol. The maximum Gasteiger partial charge on any atom is -0.00614 e. The Morgan fingerprint density at radius 2 is 1.03 bits per heavy atom. The Labute approximate surface area is 176 Å². The van der Waals surface area contributed by atoms with Gasteiger partial charge in [0.05, 0.1) is 0 Å². The van der Waals surface area contributed by atoms with E-state index in [0.717, 1.165) is 0 Å². The Morgan fingerprint density at radius 3 is 1.52 bits per heavy atom. The quantitative estimate of drug-likeness (QED) is 0.322. The zero-order chi connectivity index (χ0) is 19.7. The van der Waals surface area contributed by atoms with Crippen LogP contribution in [0.5, 0.6) is 0 Å². The van der Waals surface area contributed by atoms with Gasteiger partial charge in [-0.25, -0.2) is 0 Å². The molecule has 0 heteroatoms. The molecule has 0 aliphatic heterocycles. The zero-order valence-corrected chi connectivity index (χ0v) is 17.5. The van der Waals surface area contributed by atoms with Crippen LogP contribution in [0.15, 0.2) is 72.8 Å². The molecule has 0 fully saturated rings. The normalized spacial score (nSPS) is 11.4. The van der Waals surface area contributed by atoms with Gasteiger partial charge in [-0.1, -0.05) is 108 Å². The van der Waals surface area contributed by atoms with Crippen molar-refractivity contribution in [1.29, 1.82) is 0 Å². The van der Waals surface area contributed by atoms with E-state index >= 15 is 0 Å². The number of hydrogen-bond acceptors (Lipinski definition) is 0. The van der Waals surface area contributed by atoms with E-state index in [2.05, 4.69) is 100 Å². The lowest BCUT2D eigenvalue weighted by atomic mass is 9.80. The van der Waals surface area contributed by atoms with Crippen LogP contribution in [0.2, 0.25) is 0 Å². The van der Waals surface area contributed by atoms with Crippen molar-refractivity contribution in [2.24, 2.45) is 0 Å². The SMILES string of the molecule is C.CCC(CC)c1ccc2ccccc2c1-c1c(C(C)C)ccc2ccccc12. The molecule has 29 heavy (non-hydrogen) atoms. The highest BCUT2D eigenvalue weighted by Crippen LogP contribution is 2.44. The van der Waals surface area contributed by atoms with E-state index in [9.17, 15) is 0 Å². The van der Waals surface area contributed by atoms with Crippen LogP contribution in [0.3, 0.4) is 0 Å². The Bertz CT molecular complexity index is 1110. The van der Waals surface area contributed by atoms with Crippen molar-refractivity contribution in [3.63, 3.8) is 0 Å². The van der Waals surface area contributed by atoms with Crippen molar-refractivity contribution in [2.75, 3.05) is 0 Å². The third-order valence-corrected chi connectivity index (χ3v) is 6.22. The first-order valence-corrected chi connectivity index (χ1v) is 10.7. The van der Waals surface area contributed by atoms with Crippen LogP contribution in [0, 0.1) is 0 Å². The van der Waals surface area contributed by atoms with Crippen molar-refractivity contribution in [1.82, 2.24) is 0 Å². The highest BCUT2D eigenvalue weighted by Gasteiger charge is 2.21. The van der Waals surface area contributed by atoms with E-state index in [-0.39, 0.29) is 7.43 Å². The molecule has 150 valence electrons. The Morgan fingerprint density at radius 1 is 0.586 bits per heavy atom. The third-order valence-electron chi connectivity index (χ3n) is 6.22. The lowest BCUT2D eigenvalue weighted by Crippen LogP contribution is -2.02. The summed E-state index contributed by atoms with van der Waals surface area (Å²) in [5, 5.41) is 5.41. The summed E-state index contributed by atoms with van der Waals surface area (Å²) in [5.41, 5.74) is 5.84. The summed E-state index contributed by atoms with van der Waals surface area (Å²) in [6.45, 7) is 9.27. The van der Waals surface area contributed by atoms with Gasteiger partial charge in [-0.2, -0.15) is 0 Å². The van der Waals surface area contributed by atoms with E-state index in [1.54, 1.807) is 0 Å². The minimum atomic E-state index is 0. The predicted octanol–water partition coefficient (Wildman–Crippen LogP) is 9.32. The molecule has 0 aliphatic carbocycles. The first-order valence-electron chi connectivity index (χ1n) is 10.7. The van der Waals surface area contributed by atoms with Crippen molar-refractivity contribution >= 4 is 21.5 Å². The minimum Gasteiger partial charge on any atom is -0.0776 e. The van der Waals surface area contributed by atoms with E-state index in [1.165, 1.54) is 56.6 Å². The highest BCUT2D eigenvalue weighted by atomic mass is 14.2. The molecule has 4 rings (SSSR count). The summed E-state index contributed by atoms with van der Waals surface area (Å²) in [5.74, 6) is 1.06. The van der Waals surface area contributed by atoms with Crippen molar-refractivity contribution < 1.29 is 0 Å². The average Bonchev–Trinajstić information content (AvgIpc) is 2.73. The summed E-state index contributed by atoms with van der Waals surface area (Å²) >= 11 is 0. The molecule has 0 unspecified atom stereocenters. The van der Waals surface area contributed by atoms with Crippen LogP contribution in [-0.4, -0.2) is 0 Å². The number of hydrogen-bond donors (Lipinski definition) is 0. The van der Waals surface area contributed by atoms with Crippen LogP contribution < -0.4 is 0 Å². The molecule has 0 bridgehead atoms. The molecule has 0 aromatic heterocycles. The Hall–Kier alpha value is -2.60. The van der Waals surface area contributed by atoms with Crippen LogP contribution >= 0.6 is 0 Å². The fraction of sp³-hybridized carbons (Fsp3) is 0.310. The zero-order valence-electron chi connectivity index (χ0n) is 17.5. The van der Waals surface area contributed by atoms with Crippen molar-refractivity contribution in [3.8, 4) is 11.1 Å². The molecule has 0 amide bonds. The molecule has 0 atom stereocenters. The highest BCUT2D eigenvalue weighted by molar-refractivity contribution is 6.08. The van der Waals surface area contributed by atoms with Gasteiger partial charge in [0.1, 0.15) is 0 Å². The fourth-order valence-corrected chi connectivity index (χ4v) is 4.68. The monoisotopic (exact) mass is 382 g/mol. The van der Waals surface area contributed by atoms with Crippen LogP contribution in [0.25, 0.3) is 32.7 Å². The van der Waals surface area contributed by atoms with Gasteiger partial charge in [0.25, 0.3) is 0 Å². The summed E-state index contributed by atoms with van der Waals surface area (Å²) in [4.78, 5) is 0. The molecule has 0 N–H and O–H groups in total. The smallest absolute Gasteiger partial charge is 0.00614 e. The van der Waals surface area contributed by atoms with Gasteiger partial charge in [-0.3, -0.25) is 0 Å². The maximum atomic E-state index is 2.39. The topological polar surface area (TPSA) is 0 Å². The molecule has 0 saturated heterocycles. The lowest BCUT2D eigenvalue weighted by Gasteiger charge is -2.24. The first kappa shape index (κ1) is 21.1. The molecule has 0 spiro atoms. The molecule has 4 aromatic carbocycles.